The van der Waals surface area contributed by atoms with Crippen LogP contribution in [0, 0.1) is 0 Å². The number of pyridine rings is 1. The van der Waals surface area contributed by atoms with Crippen molar-refractivity contribution in [3.63, 3.8) is 0 Å². The zero-order valence-electron chi connectivity index (χ0n) is 15.3. The number of nitrogens with one attached hydrogen (secondary N) is 2. The van der Waals surface area contributed by atoms with Crippen molar-refractivity contribution in [2.45, 2.75) is 6.92 Å². The number of aromatic nitrogens is 1. The summed E-state index contributed by atoms with van der Waals surface area (Å²) in [6.07, 6.45) is 1.54. The summed E-state index contributed by atoms with van der Waals surface area (Å²) < 4.78 is 5.30. The molecule has 1 heterocycles. The van der Waals surface area contributed by atoms with Crippen molar-refractivity contribution in [1.82, 2.24) is 4.98 Å². The highest BCUT2D eigenvalue weighted by atomic mass is 35.5. The number of benzene rings is 2. The first-order chi connectivity index (χ1) is 13.5. The van der Waals surface area contributed by atoms with Crippen LogP contribution in [0.25, 0.3) is 0 Å². The number of carbonyl (C=O) groups is 2. The third-order valence-corrected chi connectivity index (χ3v) is 4.20. The Morgan fingerprint density at radius 1 is 1.04 bits per heavy atom. The maximum atomic E-state index is 12.4. The van der Waals surface area contributed by atoms with Gasteiger partial charge in [0.1, 0.15) is 11.4 Å². The number of carbonyl (C=O) groups excluding carboxylic acids is 2. The summed E-state index contributed by atoms with van der Waals surface area (Å²) in [7, 11) is 1.57. The zero-order valence-corrected chi connectivity index (χ0v) is 16.1. The van der Waals surface area contributed by atoms with Crippen LogP contribution < -0.4 is 15.4 Å². The lowest BCUT2D eigenvalue weighted by atomic mass is 10.1. The van der Waals surface area contributed by atoms with Crippen LogP contribution in [0.5, 0.6) is 5.75 Å². The first-order valence-electron chi connectivity index (χ1n) is 8.45. The molecule has 28 heavy (non-hydrogen) atoms. The van der Waals surface area contributed by atoms with E-state index < -0.39 is 0 Å². The highest BCUT2D eigenvalue weighted by Gasteiger charge is 2.10. The summed E-state index contributed by atoms with van der Waals surface area (Å²) in [5.41, 5.74) is 2.67. The van der Waals surface area contributed by atoms with E-state index in [1.165, 1.54) is 6.92 Å². The Bertz CT molecular complexity index is 1020. The number of Topliss-reactive ketones (excluding diaryl/α,β-unsaturated/α-hetero) is 1. The second-order valence-electron chi connectivity index (χ2n) is 5.99. The van der Waals surface area contributed by atoms with Crippen LogP contribution >= 0.6 is 11.6 Å². The molecule has 6 nitrogen and oxygen atoms in total. The van der Waals surface area contributed by atoms with Gasteiger partial charge in [-0.1, -0.05) is 23.7 Å². The molecule has 142 valence electrons. The summed E-state index contributed by atoms with van der Waals surface area (Å²) >= 11 is 6.03. The third kappa shape index (κ3) is 4.66. The minimum absolute atomic E-state index is 0.0684. The van der Waals surface area contributed by atoms with Crippen LogP contribution in [0.1, 0.15) is 27.8 Å². The fourth-order valence-electron chi connectivity index (χ4n) is 2.55. The van der Waals surface area contributed by atoms with Gasteiger partial charge in [-0.3, -0.25) is 9.59 Å². The monoisotopic (exact) mass is 395 g/mol. The Hall–Kier alpha value is -3.38. The number of hydrogen-bond acceptors (Lipinski definition) is 5. The van der Waals surface area contributed by atoms with E-state index in [0.29, 0.717) is 33.4 Å². The molecule has 3 rings (SSSR count). The maximum Gasteiger partial charge on any atom is 0.274 e. The van der Waals surface area contributed by atoms with Gasteiger partial charge in [0.25, 0.3) is 5.91 Å². The topological polar surface area (TPSA) is 80.3 Å². The molecule has 0 radical (unpaired) electrons. The standard InChI is InChI=1S/C21H18ClN3O3/c1-13(26)14-4-3-5-16(10-14)25-21(27)18-8-7-17(12-23-18)24-19-11-15(22)6-9-20(19)28-2/h3-12,24H,1-2H3,(H,25,27). The fraction of sp³-hybridized carbons (Fsp3) is 0.0952. The molecule has 1 aromatic heterocycles. The SMILES string of the molecule is COc1ccc(Cl)cc1Nc1ccc(C(=O)Nc2cccc(C(C)=O)c2)nc1. The van der Waals surface area contributed by atoms with Gasteiger partial charge in [0.05, 0.1) is 24.7 Å². The van der Waals surface area contributed by atoms with E-state index in [2.05, 4.69) is 15.6 Å². The fourth-order valence-corrected chi connectivity index (χ4v) is 2.72. The molecular formula is C21H18ClN3O3. The number of halogens is 1. The van der Waals surface area contributed by atoms with Crippen molar-refractivity contribution < 1.29 is 14.3 Å². The number of amides is 1. The van der Waals surface area contributed by atoms with Gasteiger partial charge in [-0.15, -0.1) is 0 Å². The van der Waals surface area contributed by atoms with Crippen molar-refractivity contribution in [2.75, 3.05) is 17.7 Å². The number of hydrogen-bond donors (Lipinski definition) is 2. The first-order valence-corrected chi connectivity index (χ1v) is 8.83. The molecule has 0 spiro atoms. The zero-order chi connectivity index (χ0) is 20.1. The van der Waals surface area contributed by atoms with E-state index >= 15 is 0 Å². The average Bonchev–Trinajstić information content (AvgIpc) is 2.69. The van der Waals surface area contributed by atoms with Crippen LogP contribution in [0.2, 0.25) is 5.02 Å². The number of rotatable bonds is 6. The minimum atomic E-state index is -0.368. The van der Waals surface area contributed by atoms with Gasteiger partial charge in [-0.25, -0.2) is 4.98 Å². The Balaban J connectivity index is 1.72. The molecule has 0 bridgehead atoms. The molecule has 0 saturated carbocycles. The molecule has 2 N–H and O–H groups in total. The lowest BCUT2D eigenvalue weighted by Gasteiger charge is -2.12. The molecule has 0 fully saturated rings. The van der Waals surface area contributed by atoms with Gasteiger partial charge in [-0.05, 0) is 49.4 Å². The van der Waals surface area contributed by atoms with Gasteiger partial charge in [0, 0.05) is 16.3 Å². The number of anilines is 3. The van der Waals surface area contributed by atoms with Crippen LogP contribution in [-0.2, 0) is 0 Å². The Morgan fingerprint density at radius 2 is 1.86 bits per heavy atom. The maximum absolute atomic E-state index is 12.4. The minimum Gasteiger partial charge on any atom is -0.495 e. The van der Waals surface area contributed by atoms with Crippen LogP contribution in [-0.4, -0.2) is 23.8 Å². The van der Waals surface area contributed by atoms with Crippen molar-refractivity contribution in [3.8, 4) is 5.75 Å². The summed E-state index contributed by atoms with van der Waals surface area (Å²) in [4.78, 5) is 28.0. The van der Waals surface area contributed by atoms with Crippen molar-refractivity contribution >= 4 is 40.4 Å². The molecule has 0 aliphatic carbocycles. The molecule has 0 saturated heterocycles. The van der Waals surface area contributed by atoms with E-state index in [1.807, 2.05) is 0 Å². The summed E-state index contributed by atoms with van der Waals surface area (Å²) in [6.45, 7) is 1.48. The first kappa shape index (κ1) is 19.4. The molecular weight excluding hydrogens is 378 g/mol. The Labute approximate surface area is 167 Å². The average molecular weight is 396 g/mol. The van der Waals surface area contributed by atoms with Crippen LogP contribution in [0.15, 0.2) is 60.8 Å². The van der Waals surface area contributed by atoms with E-state index in [-0.39, 0.29) is 17.4 Å². The Kier molecular flexibility index (Phi) is 5.91. The summed E-state index contributed by atoms with van der Waals surface area (Å²) in [5, 5.41) is 6.47. The smallest absolute Gasteiger partial charge is 0.274 e. The molecule has 0 aliphatic heterocycles. The highest BCUT2D eigenvalue weighted by molar-refractivity contribution is 6.31. The van der Waals surface area contributed by atoms with Gasteiger partial charge in [0.15, 0.2) is 5.78 Å². The normalized spacial score (nSPS) is 10.2. The van der Waals surface area contributed by atoms with Crippen molar-refractivity contribution in [3.05, 3.63) is 77.1 Å². The highest BCUT2D eigenvalue weighted by Crippen LogP contribution is 2.30. The number of ketones is 1. The van der Waals surface area contributed by atoms with E-state index in [0.717, 1.165) is 0 Å². The van der Waals surface area contributed by atoms with Gasteiger partial charge in [-0.2, -0.15) is 0 Å². The van der Waals surface area contributed by atoms with Gasteiger partial charge < -0.3 is 15.4 Å². The second-order valence-corrected chi connectivity index (χ2v) is 6.43. The number of nitrogens with zero attached hydrogens (tertiary/aromatic N) is 1. The van der Waals surface area contributed by atoms with Crippen molar-refractivity contribution in [1.29, 1.82) is 0 Å². The quantitative estimate of drug-likeness (QED) is 0.577. The largest absolute Gasteiger partial charge is 0.495 e. The van der Waals surface area contributed by atoms with E-state index in [4.69, 9.17) is 16.3 Å². The van der Waals surface area contributed by atoms with Crippen molar-refractivity contribution in [2.24, 2.45) is 0 Å². The predicted octanol–water partition coefficient (Wildman–Crippen LogP) is 4.94. The Morgan fingerprint density at radius 3 is 2.54 bits per heavy atom. The molecule has 2 aromatic carbocycles. The summed E-state index contributed by atoms with van der Waals surface area (Å²) in [6, 6.07) is 15.3. The van der Waals surface area contributed by atoms with Gasteiger partial charge in [0.2, 0.25) is 0 Å². The molecule has 1 amide bonds. The van der Waals surface area contributed by atoms with Crippen LogP contribution in [0.3, 0.4) is 0 Å². The summed E-state index contributed by atoms with van der Waals surface area (Å²) in [5.74, 6) is 0.199. The molecule has 7 heteroatoms. The number of methoxy groups -OCH3 is 1. The van der Waals surface area contributed by atoms with Crippen LogP contribution in [0.4, 0.5) is 17.1 Å². The van der Waals surface area contributed by atoms with E-state index in [9.17, 15) is 9.59 Å². The third-order valence-electron chi connectivity index (χ3n) is 3.96. The molecule has 0 unspecified atom stereocenters. The predicted molar refractivity (Wildman–Crippen MR) is 110 cm³/mol. The van der Waals surface area contributed by atoms with Gasteiger partial charge >= 0.3 is 0 Å². The lowest BCUT2D eigenvalue weighted by molar-refractivity contribution is 0.100. The molecule has 0 atom stereocenters. The number of ether oxygens (including phenoxy) is 1. The van der Waals surface area contributed by atoms with E-state index in [1.54, 1.807) is 67.9 Å². The molecule has 3 aromatic rings. The molecule has 0 aliphatic rings. The second kappa shape index (κ2) is 8.54. The lowest BCUT2D eigenvalue weighted by Crippen LogP contribution is -2.14.